The molecule has 0 amide bonds. The van der Waals surface area contributed by atoms with Crippen molar-refractivity contribution in [1.29, 1.82) is 5.26 Å². The summed E-state index contributed by atoms with van der Waals surface area (Å²) >= 11 is 0. The van der Waals surface area contributed by atoms with Crippen molar-refractivity contribution in [3.05, 3.63) is 48.5 Å². The first kappa shape index (κ1) is 13.8. The lowest BCUT2D eigenvalue weighted by Gasteiger charge is -2.24. The summed E-state index contributed by atoms with van der Waals surface area (Å²) in [5, 5.41) is 8.82. The molecule has 20 heavy (non-hydrogen) atoms. The first-order valence-electron chi connectivity index (χ1n) is 6.39. The molecule has 0 saturated heterocycles. The van der Waals surface area contributed by atoms with Crippen LogP contribution in [0.5, 0.6) is 5.75 Å². The van der Waals surface area contributed by atoms with E-state index in [9.17, 15) is 0 Å². The highest BCUT2D eigenvalue weighted by molar-refractivity contribution is 5.69. The molecule has 0 fully saturated rings. The zero-order valence-electron chi connectivity index (χ0n) is 11.4. The Morgan fingerprint density at radius 1 is 1.15 bits per heavy atom. The lowest BCUT2D eigenvalue weighted by Crippen LogP contribution is -2.18. The van der Waals surface area contributed by atoms with E-state index in [0.717, 1.165) is 11.4 Å². The van der Waals surface area contributed by atoms with Crippen molar-refractivity contribution in [3.63, 3.8) is 0 Å². The fraction of sp³-hybridized carbons (Fsp3) is 0.188. The molecule has 0 aliphatic rings. The molecular formula is C16H17N3O. The second-order valence-corrected chi connectivity index (χ2v) is 4.32. The van der Waals surface area contributed by atoms with Gasteiger partial charge < -0.3 is 15.4 Å². The van der Waals surface area contributed by atoms with Gasteiger partial charge in [-0.05, 0) is 30.3 Å². The second-order valence-electron chi connectivity index (χ2n) is 4.32. The Kier molecular flexibility index (Phi) is 4.46. The average molecular weight is 267 g/mol. The second kappa shape index (κ2) is 6.48. The van der Waals surface area contributed by atoms with Crippen LogP contribution in [0.3, 0.4) is 0 Å². The molecule has 0 aromatic heterocycles. The van der Waals surface area contributed by atoms with Crippen LogP contribution in [0.4, 0.5) is 17.1 Å². The number of nitrogen functional groups attached to an aromatic ring is 1. The van der Waals surface area contributed by atoms with E-state index in [2.05, 4.69) is 11.0 Å². The van der Waals surface area contributed by atoms with Crippen LogP contribution in [0.25, 0.3) is 0 Å². The Balaban J connectivity index is 2.36. The lowest BCUT2D eigenvalue weighted by molar-refractivity contribution is 0.417. The van der Waals surface area contributed by atoms with Crippen molar-refractivity contribution < 1.29 is 4.74 Å². The summed E-state index contributed by atoms with van der Waals surface area (Å²) < 4.78 is 5.17. The van der Waals surface area contributed by atoms with Crippen LogP contribution in [0.15, 0.2) is 48.5 Å². The number of nitrogens with zero attached hydrogens (tertiary/aromatic N) is 2. The Morgan fingerprint density at radius 2 is 1.90 bits per heavy atom. The van der Waals surface area contributed by atoms with Crippen molar-refractivity contribution in [1.82, 2.24) is 0 Å². The standard InChI is InChI=1S/C16H17N3O/c1-20-16-9-8-14(12-15(16)18)19(11-5-10-17)13-6-3-2-4-7-13/h2-4,6-9,12H,5,11,18H2,1H3. The van der Waals surface area contributed by atoms with Gasteiger partial charge in [-0.15, -0.1) is 0 Å². The molecule has 0 saturated carbocycles. The average Bonchev–Trinajstić information content (AvgIpc) is 2.49. The number of nitrogens with two attached hydrogens (primary N) is 1. The third-order valence-electron chi connectivity index (χ3n) is 3.04. The maximum atomic E-state index is 8.82. The van der Waals surface area contributed by atoms with Gasteiger partial charge in [-0.1, -0.05) is 18.2 Å². The lowest BCUT2D eigenvalue weighted by atomic mass is 10.2. The Morgan fingerprint density at radius 3 is 2.50 bits per heavy atom. The fourth-order valence-electron chi connectivity index (χ4n) is 2.07. The molecule has 2 N–H and O–H groups in total. The van der Waals surface area contributed by atoms with Crippen molar-refractivity contribution in [3.8, 4) is 11.8 Å². The SMILES string of the molecule is COc1ccc(N(CCC#N)c2ccccc2)cc1N. The maximum absolute atomic E-state index is 8.82. The molecule has 0 bridgehead atoms. The van der Waals surface area contributed by atoms with Gasteiger partial charge in [0.15, 0.2) is 0 Å². The molecule has 2 rings (SSSR count). The highest BCUT2D eigenvalue weighted by Gasteiger charge is 2.10. The third kappa shape index (κ3) is 3.01. The first-order chi connectivity index (χ1) is 9.76. The zero-order chi connectivity index (χ0) is 14.4. The number of hydrogen-bond acceptors (Lipinski definition) is 4. The molecule has 0 unspecified atom stereocenters. The quantitative estimate of drug-likeness (QED) is 0.844. The smallest absolute Gasteiger partial charge is 0.141 e. The van der Waals surface area contributed by atoms with E-state index in [1.165, 1.54) is 0 Å². The summed E-state index contributed by atoms with van der Waals surface area (Å²) in [5.41, 5.74) is 8.53. The van der Waals surface area contributed by atoms with Gasteiger partial charge in [0.2, 0.25) is 0 Å². The van der Waals surface area contributed by atoms with Crippen LogP contribution < -0.4 is 15.4 Å². The van der Waals surface area contributed by atoms with Crippen LogP contribution >= 0.6 is 0 Å². The number of para-hydroxylation sites is 1. The minimum absolute atomic E-state index is 0.445. The molecule has 0 atom stereocenters. The van der Waals surface area contributed by atoms with E-state index in [0.29, 0.717) is 24.4 Å². The van der Waals surface area contributed by atoms with Gasteiger partial charge in [-0.2, -0.15) is 5.26 Å². The number of methoxy groups -OCH3 is 1. The molecule has 0 radical (unpaired) electrons. The van der Waals surface area contributed by atoms with Crippen LogP contribution in [0.1, 0.15) is 6.42 Å². The number of hydrogen-bond donors (Lipinski definition) is 1. The van der Waals surface area contributed by atoms with Crippen LogP contribution in [0.2, 0.25) is 0 Å². The van der Waals surface area contributed by atoms with Crippen molar-refractivity contribution in [2.24, 2.45) is 0 Å². The van der Waals surface area contributed by atoms with Crippen molar-refractivity contribution in [2.45, 2.75) is 6.42 Å². The highest BCUT2D eigenvalue weighted by Crippen LogP contribution is 2.31. The van der Waals surface area contributed by atoms with E-state index in [4.69, 9.17) is 15.7 Å². The van der Waals surface area contributed by atoms with Gasteiger partial charge in [0.25, 0.3) is 0 Å². The monoisotopic (exact) mass is 267 g/mol. The molecule has 0 heterocycles. The van der Waals surface area contributed by atoms with Gasteiger partial charge >= 0.3 is 0 Å². The summed E-state index contributed by atoms with van der Waals surface area (Å²) in [6.07, 6.45) is 0.445. The van der Waals surface area contributed by atoms with Gasteiger partial charge in [0.05, 0.1) is 25.3 Å². The molecule has 4 heteroatoms. The summed E-state index contributed by atoms with van der Waals surface area (Å²) in [6.45, 7) is 0.617. The van der Waals surface area contributed by atoms with Crippen LogP contribution in [0, 0.1) is 11.3 Å². The van der Waals surface area contributed by atoms with Crippen molar-refractivity contribution >= 4 is 17.1 Å². The van der Waals surface area contributed by atoms with E-state index >= 15 is 0 Å². The third-order valence-corrected chi connectivity index (χ3v) is 3.04. The van der Waals surface area contributed by atoms with Gasteiger partial charge in [-0.25, -0.2) is 0 Å². The number of anilines is 3. The van der Waals surface area contributed by atoms with Crippen LogP contribution in [-0.4, -0.2) is 13.7 Å². The first-order valence-corrected chi connectivity index (χ1v) is 6.39. The maximum Gasteiger partial charge on any atom is 0.141 e. The van der Waals surface area contributed by atoms with Gasteiger partial charge in [-0.3, -0.25) is 0 Å². The van der Waals surface area contributed by atoms with E-state index < -0.39 is 0 Å². The summed E-state index contributed by atoms with van der Waals surface area (Å²) in [6, 6.07) is 17.8. The largest absolute Gasteiger partial charge is 0.495 e. The predicted octanol–water partition coefficient (Wildman–Crippen LogP) is 3.33. The molecule has 0 spiro atoms. The summed E-state index contributed by atoms with van der Waals surface area (Å²) in [5.74, 6) is 0.655. The van der Waals surface area contributed by atoms with Crippen LogP contribution in [-0.2, 0) is 0 Å². The number of benzene rings is 2. The molecule has 2 aromatic carbocycles. The normalized spacial score (nSPS) is 9.80. The predicted molar refractivity (Wildman–Crippen MR) is 81.1 cm³/mol. The zero-order valence-corrected chi connectivity index (χ0v) is 11.4. The molecule has 4 nitrogen and oxygen atoms in total. The molecule has 0 aliphatic carbocycles. The topological polar surface area (TPSA) is 62.3 Å². The summed E-state index contributed by atoms with van der Waals surface area (Å²) in [7, 11) is 1.59. The Hall–Kier alpha value is -2.67. The van der Waals surface area contributed by atoms with Crippen molar-refractivity contribution in [2.75, 3.05) is 24.3 Å². The molecule has 102 valence electrons. The number of nitriles is 1. The minimum atomic E-state index is 0.445. The van der Waals surface area contributed by atoms with Gasteiger partial charge in [0, 0.05) is 17.9 Å². The molecule has 2 aromatic rings. The van der Waals surface area contributed by atoms with E-state index in [-0.39, 0.29) is 0 Å². The summed E-state index contributed by atoms with van der Waals surface area (Å²) in [4.78, 5) is 2.07. The Bertz CT molecular complexity index is 605. The number of ether oxygens (including phenoxy) is 1. The molecule has 0 aliphatic heterocycles. The Labute approximate surface area is 119 Å². The molecular weight excluding hydrogens is 250 g/mol. The van der Waals surface area contributed by atoms with E-state index in [1.807, 2.05) is 48.5 Å². The fourth-order valence-corrected chi connectivity index (χ4v) is 2.07. The minimum Gasteiger partial charge on any atom is -0.495 e. The van der Waals surface area contributed by atoms with Gasteiger partial charge in [0.1, 0.15) is 5.75 Å². The highest BCUT2D eigenvalue weighted by atomic mass is 16.5. The number of rotatable bonds is 5. The van der Waals surface area contributed by atoms with E-state index in [1.54, 1.807) is 7.11 Å².